The number of carbonyl (C=O) groups excluding carboxylic acids is 4. The van der Waals surface area contributed by atoms with E-state index < -0.39 is 54.8 Å². The number of esters is 3. The van der Waals surface area contributed by atoms with Crippen LogP contribution in [0.4, 0.5) is 0 Å². The first-order valence-electron chi connectivity index (χ1n) is 12.2. The number of aliphatic hydroxyl groups is 1. The molecule has 0 spiro atoms. The number of carbonyl (C=O) groups is 4. The minimum absolute atomic E-state index is 0.112. The molecule has 3 aromatic rings. The Hall–Kier alpha value is -5.03. The maximum atomic E-state index is 13.0. The summed E-state index contributed by atoms with van der Waals surface area (Å²) in [5.41, 5.74) is 0.442. The summed E-state index contributed by atoms with van der Waals surface area (Å²) in [4.78, 5) is 50.5. The quantitative estimate of drug-likeness (QED) is 0.102. The van der Waals surface area contributed by atoms with Gasteiger partial charge in [-0.05, 0) is 36.4 Å². The fraction of sp³-hybridized carbons (Fsp3) is 0.207. The van der Waals surface area contributed by atoms with Gasteiger partial charge in [-0.1, -0.05) is 59.8 Å². The molecule has 0 radical (unpaired) electrons. The van der Waals surface area contributed by atoms with E-state index in [1.807, 2.05) is 0 Å². The summed E-state index contributed by atoms with van der Waals surface area (Å²) in [5, 5.41) is 25.8. The van der Waals surface area contributed by atoms with Crippen LogP contribution in [0.1, 0.15) is 38.0 Å². The van der Waals surface area contributed by atoms with Gasteiger partial charge >= 0.3 is 17.9 Å². The van der Waals surface area contributed by atoms with Gasteiger partial charge in [-0.15, -0.1) is 0 Å². The molecule has 0 saturated carbocycles. The number of rotatable bonds is 12. The van der Waals surface area contributed by atoms with Crippen LogP contribution in [0.25, 0.3) is 0 Å². The average Bonchev–Trinajstić information content (AvgIpc) is 2.98. The summed E-state index contributed by atoms with van der Waals surface area (Å²) in [6, 6.07) is 22.2. The first kappa shape index (κ1) is 29.5. The molecule has 0 heterocycles. The number of oxime groups is 1. The van der Waals surface area contributed by atoms with Crippen LogP contribution in [0.15, 0.2) is 96.2 Å². The molecule has 0 aliphatic heterocycles. The molecule has 0 bridgehead atoms. The van der Waals surface area contributed by atoms with E-state index >= 15 is 0 Å². The lowest BCUT2D eigenvalue weighted by molar-refractivity contribution is -0.122. The van der Waals surface area contributed by atoms with Crippen LogP contribution in [0.3, 0.4) is 0 Å². The summed E-state index contributed by atoms with van der Waals surface area (Å²) in [6.45, 7) is 0.486. The highest BCUT2D eigenvalue weighted by molar-refractivity contribution is 5.91. The lowest BCUT2D eigenvalue weighted by Gasteiger charge is -2.33. The van der Waals surface area contributed by atoms with E-state index in [9.17, 15) is 29.5 Å². The van der Waals surface area contributed by atoms with Gasteiger partial charge in [-0.25, -0.2) is 14.4 Å². The van der Waals surface area contributed by atoms with Crippen molar-refractivity contribution in [2.24, 2.45) is 5.16 Å². The number of ether oxygens (including phenoxy) is 3. The van der Waals surface area contributed by atoms with Crippen molar-refractivity contribution in [3.05, 3.63) is 108 Å². The molecule has 3 rings (SSSR count). The third kappa shape index (κ3) is 8.50. The minimum atomic E-state index is -1.75. The average molecular weight is 549 g/mol. The van der Waals surface area contributed by atoms with Gasteiger partial charge in [-0.2, -0.15) is 0 Å². The molecule has 0 fully saturated rings. The zero-order chi connectivity index (χ0) is 28.9. The summed E-state index contributed by atoms with van der Waals surface area (Å²) in [6.07, 6.45) is -4.25. The van der Waals surface area contributed by atoms with Gasteiger partial charge < -0.3 is 29.8 Å². The molecule has 0 aliphatic rings. The largest absolute Gasteiger partial charge is 0.459 e. The van der Waals surface area contributed by atoms with E-state index in [0.29, 0.717) is 0 Å². The molecular formula is C29H28N2O9. The second-order valence-electron chi connectivity index (χ2n) is 8.49. The number of hydrogen-bond acceptors (Lipinski definition) is 10. The molecule has 1 amide bonds. The highest BCUT2D eigenvalue weighted by Crippen LogP contribution is 2.19. The van der Waals surface area contributed by atoms with E-state index in [2.05, 4.69) is 10.5 Å². The summed E-state index contributed by atoms with van der Waals surface area (Å²) in [5.74, 6) is -3.16. The van der Waals surface area contributed by atoms with Crippen molar-refractivity contribution in [2.45, 2.75) is 31.3 Å². The molecule has 208 valence electrons. The molecule has 11 heteroatoms. The highest BCUT2D eigenvalue weighted by Gasteiger charge is 2.41. The minimum Gasteiger partial charge on any atom is -0.459 e. The van der Waals surface area contributed by atoms with Gasteiger partial charge in [0.25, 0.3) is 0 Å². The van der Waals surface area contributed by atoms with Crippen molar-refractivity contribution >= 4 is 30.0 Å². The maximum absolute atomic E-state index is 13.0. The van der Waals surface area contributed by atoms with E-state index in [4.69, 9.17) is 14.2 Å². The predicted octanol–water partition coefficient (Wildman–Crippen LogP) is 2.62. The van der Waals surface area contributed by atoms with Crippen LogP contribution in [0.2, 0.25) is 0 Å². The molecule has 0 saturated heterocycles. The van der Waals surface area contributed by atoms with Crippen molar-refractivity contribution < 1.29 is 43.7 Å². The second kappa shape index (κ2) is 14.8. The van der Waals surface area contributed by atoms with Crippen molar-refractivity contribution in [1.29, 1.82) is 0 Å². The van der Waals surface area contributed by atoms with Gasteiger partial charge in [0.05, 0.1) is 22.9 Å². The van der Waals surface area contributed by atoms with Crippen molar-refractivity contribution in [1.82, 2.24) is 5.32 Å². The Bertz CT molecular complexity index is 1300. The number of hydrogen-bond donors (Lipinski definition) is 3. The Morgan fingerprint density at radius 2 is 1.18 bits per heavy atom. The Morgan fingerprint density at radius 1 is 0.750 bits per heavy atom. The number of aliphatic hydroxyl groups excluding tert-OH is 1. The molecule has 3 aromatic carbocycles. The lowest BCUT2D eigenvalue weighted by atomic mass is 10.0. The smallest absolute Gasteiger partial charge is 0.338 e. The standard InChI is InChI=1S/C29H28N2O9/c1-19(32)31-23(17-30-37)25(39-28(35)21-13-7-3-8-14-21)26(40-29(36)22-15-9-4-10-16-22)24(33)18-38-27(34)20-11-5-2-6-12-20/h2-17,23-26,33,37H,18H2,1H3,(H,31,32)/t23-,24-,25-,26-/m1/s1. The Morgan fingerprint density at radius 3 is 1.60 bits per heavy atom. The SMILES string of the molecule is CC(=O)N[C@H](C=NO)[C@@H](OC(=O)c1ccccc1)[C@H](OC(=O)c1ccccc1)[C@H](O)COC(=O)c1ccccc1. The van der Waals surface area contributed by atoms with Crippen LogP contribution >= 0.6 is 0 Å². The second-order valence-corrected chi connectivity index (χ2v) is 8.49. The molecule has 0 unspecified atom stereocenters. The fourth-order valence-corrected chi connectivity index (χ4v) is 3.67. The molecule has 0 aromatic heterocycles. The topological polar surface area (TPSA) is 161 Å². The van der Waals surface area contributed by atoms with Gasteiger partial charge in [0.2, 0.25) is 5.91 Å². The van der Waals surface area contributed by atoms with E-state index in [0.717, 1.165) is 13.1 Å². The normalized spacial score (nSPS) is 13.8. The lowest BCUT2D eigenvalue weighted by Crippen LogP contribution is -2.56. The van der Waals surface area contributed by atoms with Gasteiger partial charge in [-0.3, -0.25) is 4.79 Å². The van der Waals surface area contributed by atoms with Gasteiger partial charge in [0.15, 0.2) is 12.2 Å². The number of amides is 1. The maximum Gasteiger partial charge on any atom is 0.338 e. The third-order valence-corrected chi connectivity index (χ3v) is 5.55. The van der Waals surface area contributed by atoms with Crippen molar-refractivity contribution in [2.75, 3.05) is 6.61 Å². The van der Waals surface area contributed by atoms with Gasteiger partial charge in [0, 0.05) is 6.92 Å². The molecule has 11 nitrogen and oxygen atoms in total. The van der Waals surface area contributed by atoms with E-state index in [-0.39, 0.29) is 16.7 Å². The monoisotopic (exact) mass is 548 g/mol. The number of nitrogens with one attached hydrogen (secondary N) is 1. The third-order valence-electron chi connectivity index (χ3n) is 5.55. The molecule has 40 heavy (non-hydrogen) atoms. The molecule has 0 aliphatic carbocycles. The van der Waals surface area contributed by atoms with Crippen LogP contribution in [0.5, 0.6) is 0 Å². The number of benzene rings is 3. The van der Waals surface area contributed by atoms with Crippen LogP contribution in [-0.4, -0.2) is 71.3 Å². The first-order chi connectivity index (χ1) is 19.3. The Labute approximate surface area is 230 Å². The van der Waals surface area contributed by atoms with E-state index in [1.165, 1.54) is 36.4 Å². The molecule has 3 N–H and O–H groups in total. The summed E-state index contributed by atoms with van der Waals surface area (Å²) >= 11 is 0. The Balaban J connectivity index is 1.97. The van der Waals surface area contributed by atoms with Crippen molar-refractivity contribution in [3.8, 4) is 0 Å². The molecule has 4 atom stereocenters. The zero-order valence-corrected chi connectivity index (χ0v) is 21.5. The van der Waals surface area contributed by atoms with Crippen molar-refractivity contribution in [3.63, 3.8) is 0 Å². The molecular weight excluding hydrogens is 520 g/mol. The van der Waals surface area contributed by atoms with Crippen LogP contribution < -0.4 is 5.32 Å². The van der Waals surface area contributed by atoms with Crippen LogP contribution in [-0.2, 0) is 19.0 Å². The van der Waals surface area contributed by atoms with Crippen LogP contribution in [0, 0.1) is 0 Å². The summed E-state index contributed by atoms with van der Waals surface area (Å²) < 4.78 is 16.4. The first-order valence-corrected chi connectivity index (χ1v) is 12.2. The van der Waals surface area contributed by atoms with Gasteiger partial charge in [0.1, 0.15) is 18.8 Å². The van der Waals surface area contributed by atoms with E-state index in [1.54, 1.807) is 54.6 Å². The fourth-order valence-electron chi connectivity index (χ4n) is 3.67. The number of nitrogens with zero attached hydrogens (tertiary/aromatic N) is 1. The summed E-state index contributed by atoms with van der Waals surface area (Å²) in [7, 11) is 0. The Kier molecular flexibility index (Phi) is 10.9. The predicted molar refractivity (Wildman–Crippen MR) is 142 cm³/mol. The zero-order valence-electron chi connectivity index (χ0n) is 21.5. The highest BCUT2D eigenvalue weighted by atomic mass is 16.6.